The van der Waals surface area contributed by atoms with Crippen molar-refractivity contribution < 1.29 is 38.4 Å². The van der Waals surface area contributed by atoms with Crippen LogP contribution in [-0.4, -0.2) is 71.0 Å². The zero-order chi connectivity index (χ0) is 27.6. The molecule has 0 unspecified atom stereocenters. The SMILES string of the molecule is Cc1ccc2c3c1O[C@H]1C(OC(=O)CCC(=O)O[C@@H](C)C(=O)OC(C)(C)C)=CC[C@@]4(O)[C@@H](C2)N(C)CC[C@]314. The van der Waals surface area contributed by atoms with Crippen LogP contribution in [0.25, 0.3) is 0 Å². The van der Waals surface area contributed by atoms with Crippen molar-refractivity contribution in [2.75, 3.05) is 13.6 Å². The maximum absolute atomic E-state index is 12.8. The number of piperidine rings is 1. The predicted octanol–water partition coefficient (Wildman–Crippen LogP) is 2.87. The van der Waals surface area contributed by atoms with Gasteiger partial charge in [0.15, 0.2) is 12.2 Å². The Morgan fingerprint density at radius 3 is 2.63 bits per heavy atom. The lowest BCUT2D eigenvalue weighted by molar-refractivity contribution is -0.175. The first-order valence-electron chi connectivity index (χ1n) is 13.3. The highest BCUT2D eigenvalue weighted by Crippen LogP contribution is 2.64. The fourth-order valence-corrected chi connectivity index (χ4v) is 6.66. The molecule has 2 aliphatic carbocycles. The first-order chi connectivity index (χ1) is 17.8. The Morgan fingerprint density at radius 2 is 1.92 bits per heavy atom. The Balaban J connectivity index is 1.29. The molecule has 2 heterocycles. The summed E-state index contributed by atoms with van der Waals surface area (Å²) in [4.78, 5) is 39.4. The van der Waals surface area contributed by atoms with Crippen LogP contribution in [0, 0.1) is 6.92 Å². The summed E-state index contributed by atoms with van der Waals surface area (Å²) in [5, 5.41) is 12.2. The molecule has 4 aliphatic rings. The molecular weight excluding hydrogens is 490 g/mol. The monoisotopic (exact) mass is 527 g/mol. The highest BCUT2D eigenvalue weighted by molar-refractivity contribution is 5.82. The van der Waals surface area contributed by atoms with E-state index >= 15 is 0 Å². The van der Waals surface area contributed by atoms with E-state index in [0.29, 0.717) is 18.6 Å². The molecular formula is C29H37NO8. The summed E-state index contributed by atoms with van der Waals surface area (Å²) in [5.41, 5.74) is 0.757. The van der Waals surface area contributed by atoms with Gasteiger partial charge in [-0.25, -0.2) is 4.79 Å². The standard InChI is InChI=1S/C29H37NO8/c1-16-7-8-18-15-20-29(34)12-11-19(25-28(29,13-14-30(20)6)23(18)24(16)37-25)36-22(32)10-9-21(31)35-17(2)26(33)38-27(3,4)5/h7-8,11,17,20,25,34H,9-10,12-15H2,1-6H3/t17-,20+,25-,28-,29+/m0/s1. The van der Waals surface area contributed by atoms with E-state index in [-0.39, 0.29) is 18.9 Å². The van der Waals surface area contributed by atoms with Gasteiger partial charge in [-0.15, -0.1) is 0 Å². The van der Waals surface area contributed by atoms with Gasteiger partial charge < -0.3 is 29.0 Å². The van der Waals surface area contributed by atoms with E-state index in [0.717, 1.165) is 29.8 Å². The molecule has 9 nitrogen and oxygen atoms in total. The average Bonchev–Trinajstić information content (AvgIpc) is 3.18. The topological polar surface area (TPSA) is 112 Å². The van der Waals surface area contributed by atoms with E-state index in [2.05, 4.69) is 11.0 Å². The Morgan fingerprint density at radius 1 is 1.21 bits per heavy atom. The van der Waals surface area contributed by atoms with Crippen LogP contribution in [0.15, 0.2) is 24.0 Å². The van der Waals surface area contributed by atoms with Crippen molar-refractivity contribution in [3.63, 3.8) is 0 Å². The molecule has 38 heavy (non-hydrogen) atoms. The number of rotatable bonds is 6. The van der Waals surface area contributed by atoms with Gasteiger partial charge in [-0.05, 0) is 78.3 Å². The molecule has 9 heteroatoms. The minimum atomic E-state index is -1.08. The summed E-state index contributed by atoms with van der Waals surface area (Å²) in [6.07, 6.45) is 1.35. The van der Waals surface area contributed by atoms with E-state index in [1.54, 1.807) is 26.8 Å². The molecule has 206 valence electrons. The van der Waals surface area contributed by atoms with Crippen LogP contribution in [0.5, 0.6) is 5.75 Å². The summed E-state index contributed by atoms with van der Waals surface area (Å²) in [5.74, 6) is -0.790. The Hall–Kier alpha value is -2.91. The van der Waals surface area contributed by atoms with Crippen LogP contribution in [0.4, 0.5) is 0 Å². The lowest BCUT2D eigenvalue weighted by Gasteiger charge is -2.61. The normalized spacial score (nSPS) is 29.9. The summed E-state index contributed by atoms with van der Waals surface area (Å²) in [7, 11) is 2.04. The second-order valence-corrected chi connectivity index (χ2v) is 12.0. The van der Waals surface area contributed by atoms with Gasteiger partial charge in [-0.2, -0.15) is 0 Å². The van der Waals surface area contributed by atoms with Crippen LogP contribution in [0.2, 0.25) is 0 Å². The summed E-state index contributed by atoms with van der Waals surface area (Å²) >= 11 is 0. The van der Waals surface area contributed by atoms with Gasteiger partial charge in [0.25, 0.3) is 0 Å². The van der Waals surface area contributed by atoms with Crippen molar-refractivity contribution in [2.45, 2.75) is 102 Å². The number of carbonyl (C=O) groups is 3. The number of likely N-dealkylation sites (N-methyl/N-ethyl adjacent to an activating group) is 1. The van der Waals surface area contributed by atoms with Crippen molar-refractivity contribution in [3.8, 4) is 5.75 Å². The fourth-order valence-electron chi connectivity index (χ4n) is 6.66. The molecule has 1 saturated heterocycles. The third kappa shape index (κ3) is 4.11. The highest BCUT2D eigenvalue weighted by atomic mass is 16.6. The molecule has 0 saturated carbocycles. The number of benzene rings is 1. The molecule has 0 aromatic heterocycles. The highest BCUT2D eigenvalue weighted by Gasteiger charge is 2.71. The van der Waals surface area contributed by atoms with E-state index in [9.17, 15) is 19.5 Å². The molecule has 2 bridgehead atoms. The zero-order valence-electron chi connectivity index (χ0n) is 23.0. The number of likely N-dealkylation sites (tertiary alicyclic amines) is 1. The lowest BCUT2D eigenvalue weighted by Crippen LogP contribution is -2.74. The van der Waals surface area contributed by atoms with Gasteiger partial charge in [-0.3, -0.25) is 9.59 Å². The maximum atomic E-state index is 12.8. The molecule has 0 amide bonds. The summed E-state index contributed by atoms with van der Waals surface area (Å²) < 4.78 is 22.6. The van der Waals surface area contributed by atoms with E-state index in [1.807, 2.05) is 20.0 Å². The molecule has 0 radical (unpaired) electrons. The molecule has 2 aliphatic heterocycles. The number of ether oxygens (including phenoxy) is 4. The first kappa shape index (κ1) is 26.7. The molecule has 5 rings (SSSR count). The number of esters is 3. The number of hydrogen-bond donors (Lipinski definition) is 1. The van der Waals surface area contributed by atoms with Gasteiger partial charge >= 0.3 is 17.9 Å². The van der Waals surface area contributed by atoms with E-state index in [1.165, 1.54) is 12.5 Å². The molecule has 1 spiro atoms. The van der Waals surface area contributed by atoms with Gasteiger partial charge in [0, 0.05) is 18.0 Å². The zero-order valence-corrected chi connectivity index (χ0v) is 23.0. The Bertz CT molecular complexity index is 1220. The first-order valence-corrected chi connectivity index (χ1v) is 13.3. The van der Waals surface area contributed by atoms with Gasteiger partial charge in [0.1, 0.15) is 17.1 Å². The molecule has 1 aromatic rings. The lowest BCUT2D eigenvalue weighted by atomic mass is 9.50. The number of aryl methyl sites for hydroxylation is 1. The van der Waals surface area contributed by atoms with Gasteiger partial charge in [0.05, 0.1) is 23.9 Å². The van der Waals surface area contributed by atoms with Crippen LogP contribution in [0.1, 0.15) is 70.1 Å². The van der Waals surface area contributed by atoms with Crippen molar-refractivity contribution in [3.05, 3.63) is 40.7 Å². The minimum absolute atomic E-state index is 0.0706. The molecule has 1 aromatic carbocycles. The largest absolute Gasteiger partial charge is 0.481 e. The van der Waals surface area contributed by atoms with Gasteiger partial charge in [-0.1, -0.05) is 12.1 Å². The Kier molecular flexibility index (Phi) is 6.38. The molecule has 5 atom stereocenters. The molecule has 1 N–H and O–H groups in total. The van der Waals surface area contributed by atoms with Crippen molar-refractivity contribution >= 4 is 17.9 Å². The second-order valence-electron chi connectivity index (χ2n) is 12.0. The fraction of sp³-hybridized carbons (Fsp3) is 0.621. The number of nitrogens with zero attached hydrogens (tertiary/aromatic N) is 1. The van der Waals surface area contributed by atoms with Crippen LogP contribution >= 0.6 is 0 Å². The molecule has 1 fully saturated rings. The second kappa shape index (κ2) is 9.09. The van der Waals surface area contributed by atoms with Crippen molar-refractivity contribution in [1.82, 2.24) is 4.90 Å². The number of carbonyl (C=O) groups excluding carboxylic acids is 3. The minimum Gasteiger partial charge on any atom is -0.481 e. The van der Waals surface area contributed by atoms with Crippen molar-refractivity contribution in [1.29, 1.82) is 0 Å². The average molecular weight is 528 g/mol. The van der Waals surface area contributed by atoms with Gasteiger partial charge in [0.2, 0.25) is 0 Å². The third-order valence-corrected chi connectivity index (χ3v) is 8.38. The predicted molar refractivity (Wildman–Crippen MR) is 136 cm³/mol. The quantitative estimate of drug-likeness (QED) is 0.441. The van der Waals surface area contributed by atoms with E-state index < -0.39 is 46.7 Å². The van der Waals surface area contributed by atoms with Crippen molar-refractivity contribution in [2.24, 2.45) is 0 Å². The maximum Gasteiger partial charge on any atom is 0.347 e. The third-order valence-electron chi connectivity index (χ3n) is 8.38. The van der Waals surface area contributed by atoms with Crippen LogP contribution in [-0.2, 0) is 40.4 Å². The number of aliphatic hydroxyl groups is 1. The number of hydrogen-bond acceptors (Lipinski definition) is 9. The van der Waals surface area contributed by atoms with Crippen LogP contribution < -0.4 is 4.74 Å². The van der Waals surface area contributed by atoms with E-state index in [4.69, 9.17) is 18.9 Å². The van der Waals surface area contributed by atoms with Crippen LogP contribution in [0.3, 0.4) is 0 Å². The summed E-state index contributed by atoms with van der Waals surface area (Å²) in [6.45, 7) is 9.39. The Labute approximate surface area is 223 Å². The smallest absolute Gasteiger partial charge is 0.347 e. The summed E-state index contributed by atoms with van der Waals surface area (Å²) in [6, 6.07) is 4.10.